The number of nitrogens with one attached hydrogen (secondary N) is 1. The van der Waals surface area contributed by atoms with Crippen molar-refractivity contribution < 1.29 is 21.2 Å². The highest BCUT2D eigenvalue weighted by Gasteiger charge is 2.27. The summed E-state index contributed by atoms with van der Waals surface area (Å²) in [5.41, 5.74) is 0. The third-order valence-electron chi connectivity index (χ3n) is 2.90. The van der Waals surface area contributed by atoms with Crippen LogP contribution in [0, 0.1) is 5.82 Å². The molecule has 1 aliphatic carbocycles. The molecule has 1 aromatic rings. The minimum atomic E-state index is -4.09. The van der Waals surface area contributed by atoms with Gasteiger partial charge in [0.2, 0.25) is 10.0 Å². The van der Waals surface area contributed by atoms with E-state index in [4.69, 9.17) is 10.7 Å². The van der Waals surface area contributed by atoms with Crippen molar-refractivity contribution in [2.75, 3.05) is 0 Å². The zero-order valence-corrected chi connectivity index (χ0v) is 12.0. The Morgan fingerprint density at radius 2 is 1.84 bits per heavy atom. The van der Waals surface area contributed by atoms with Gasteiger partial charge in [0, 0.05) is 16.7 Å². The molecule has 0 radical (unpaired) electrons. The van der Waals surface area contributed by atoms with Crippen LogP contribution in [0.2, 0.25) is 0 Å². The summed E-state index contributed by atoms with van der Waals surface area (Å²) in [4.78, 5) is -1.06. The third-order valence-corrected chi connectivity index (χ3v) is 5.81. The molecule has 0 aromatic heterocycles. The van der Waals surface area contributed by atoms with Crippen LogP contribution in [0.3, 0.4) is 0 Å². The minimum Gasteiger partial charge on any atom is -0.208 e. The molecule has 0 unspecified atom stereocenters. The molecule has 0 aliphatic heterocycles. The maximum Gasteiger partial charge on any atom is 0.261 e. The topological polar surface area (TPSA) is 80.3 Å². The number of rotatable bonds is 4. The molecule has 106 valence electrons. The lowest BCUT2D eigenvalue weighted by Crippen LogP contribution is -2.39. The first-order valence-corrected chi connectivity index (χ1v) is 9.26. The van der Waals surface area contributed by atoms with E-state index in [1.807, 2.05) is 0 Å². The second kappa shape index (κ2) is 5.01. The van der Waals surface area contributed by atoms with Crippen LogP contribution in [0.25, 0.3) is 0 Å². The van der Waals surface area contributed by atoms with Crippen molar-refractivity contribution >= 4 is 29.8 Å². The first-order chi connectivity index (χ1) is 8.70. The van der Waals surface area contributed by atoms with Crippen LogP contribution < -0.4 is 4.72 Å². The smallest absolute Gasteiger partial charge is 0.208 e. The Balaban J connectivity index is 2.35. The SMILES string of the molecule is O=S(=O)(Cl)c1ccc(S(=O)(=O)NC2CCC2)c(F)c1. The van der Waals surface area contributed by atoms with E-state index in [1.165, 1.54) is 0 Å². The van der Waals surface area contributed by atoms with E-state index >= 15 is 0 Å². The van der Waals surface area contributed by atoms with Crippen LogP contribution in [0.4, 0.5) is 4.39 Å². The summed E-state index contributed by atoms with van der Waals surface area (Å²) >= 11 is 0. The van der Waals surface area contributed by atoms with Gasteiger partial charge in [0.15, 0.2) is 0 Å². The van der Waals surface area contributed by atoms with Crippen LogP contribution in [0.1, 0.15) is 19.3 Å². The number of hydrogen-bond donors (Lipinski definition) is 1. The summed E-state index contributed by atoms with van der Waals surface area (Å²) in [5.74, 6) is -1.14. The monoisotopic (exact) mass is 327 g/mol. The summed E-state index contributed by atoms with van der Waals surface area (Å²) in [5, 5.41) is 0. The van der Waals surface area contributed by atoms with Gasteiger partial charge in [-0.3, -0.25) is 0 Å². The lowest BCUT2D eigenvalue weighted by Gasteiger charge is -2.26. The molecule has 0 heterocycles. The Bertz CT molecular complexity index is 698. The molecule has 0 amide bonds. The molecule has 1 aliphatic rings. The fraction of sp³-hybridized carbons (Fsp3) is 0.400. The molecule has 19 heavy (non-hydrogen) atoms. The predicted molar refractivity (Wildman–Crippen MR) is 67.4 cm³/mol. The molecule has 1 aromatic carbocycles. The molecule has 0 spiro atoms. The Morgan fingerprint density at radius 3 is 2.26 bits per heavy atom. The summed E-state index contributed by atoms with van der Waals surface area (Å²) < 4.78 is 61.9. The minimum absolute atomic E-state index is 0.180. The predicted octanol–water partition coefficient (Wildman–Crippen LogP) is 1.58. The van der Waals surface area contributed by atoms with Crippen molar-refractivity contribution in [3.63, 3.8) is 0 Å². The first kappa shape index (κ1) is 14.7. The van der Waals surface area contributed by atoms with Crippen molar-refractivity contribution in [1.82, 2.24) is 4.72 Å². The van der Waals surface area contributed by atoms with Crippen LogP contribution >= 0.6 is 10.7 Å². The number of halogens is 2. The molecule has 2 rings (SSSR count). The van der Waals surface area contributed by atoms with Crippen LogP contribution in [0.15, 0.2) is 28.0 Å². The van der Waals surface area contributed by atoms with Crippen molar-refractivity contribution in [1.29, 1.82) is 0 Å². The largest absolute Gasteiger partial charge is 0.261 e. The molecule has 1 fully saturated rings. The lowest BCUT2D eigenvalue weighted by atomic mass is 9.94. The number of benzene rings is 1. The van der Waals surface area contributed by atoms with Crippen LogP contribution in [-0.4, -0.2) is 22.9 Å². The lowest BCUT2D eigenvalue weighted by molar-refractivity contribution is 0.382. The van der Waals surface area contributed by atoms with Gasteiger partial charge in [-0.25, -0.2) is 25.9 Å². The van der Waals surface area contributed by atoms with Gasteiger partial charge >= 0.3 is 0 Å². The molecule has 0 bridgehead atoms. The van der Waals surface area contributed by atoms with E-state index in [-0.39, 0.29) is 6.04 Å². The van der Waals surface area contributed by atoms with Crippen molar-refractivity contribution in [3.8, 4) is 0 Å². The zero-order valence-electron chi connectivity index (χ0n) is 9.64. The maximum absolute atomic E-state index is 13.7. The van der Waals surface area contributed by atoms with Gasteiger partial charge in [-0.2, -0.15) is 0 Å². The average Bonchev–Trinajstić information content (AvgIpc) is 2.22. The Kier molecular flexibility index (Phi) is 3.87. The Labute approximate surface area is 115 Å². The van der Waals surface area contributed by atoms with Gasteiger partial charge in [-0.05, 0) is 31.0 Å². The zero-order chi connectivity index (χ0) is 14.3. The van der Waals surface area contributed by atoms with E-state index in [9.17, 15) is 21.2 Å². The van der Waals surface area contributed by atoms with Gasteiger partial charge in [0.25, 0.3) is 9.05 Å². The van der Waals surface area contributed by atoms with Crippen LogP contribution in [-0.2, 0) is 19.1 Å². The molecule has 0 atom stereocenters. The Hall–Kier alpha value is -0.700. The fourth-order valence-corrected chi connectivity index (χ4v) is 3.79. The van der Waals surface area contributed by atoms with E-state index in [1.54, 1.807) is 0 Å². The van der Waals surface area contributed by atoms with Gasteiger partial charge < -0.3 is 0 Å². The number of hydrogen-bond acceptors (Lipinski definition) is 4. The van der Waals surface area contributed by atoms with Crippen molar-refractivity contribution in [3.05, 3.63) is 24.0 Å². The van der Waals surface area contributed by atoms with Gasteiger partial charge in [-0.1, -0.05) is 6.42 Å². The highest BCUT2D eigenvalue weighted by atomic mass is 35.7. The Morgan fingerprint density at radius 1 is 1.21 bits per heavy atom. The second-order valence-corrected chi connectivity index (χ2v) is 8.53. The highest BCUT2D eigenvalue weighted by molar-refractivity contribution is 8.13. The molecule has 9 heteroatoms. The van der Waals surface area contributed by atoms with Crippen LogP contribution in [0.5, 0.6) is 0 Å². The molecule has 5 nitrogen and oxygen atoms in total. The van der Waals surface area contributed by atoms with E-state index < -0.39 is 34.7 Å². The highest BCUT2D eigenvalue weighted by Crippen LogP contribution is 2.24. The van der Waals surface area contributed by atoms with Gasteiger partial charge in [-0.15, -0.1) is 0 Å². The summed E-state index contributed by atoms with van der Waals surface area (Å²) in [6.45, 7) is 0. The normalized spacial score (nSPS) is 17.2. The second-order valence-electron chi connectivity index (χ2n) is 4.28. The van der Waals surface area contributed by atoms with E-state index in [0.29, 0.717) is 6.07 Å². The summed E-state index contributed by atoms with van der Waals surface area (Å²) in [6, 6.07) is 2.27. The van der Waals surface area contributed by atoms with E-state index in [2.05, 4.69) is 4.72 Å². The molecular formula is C10H11ClFNO4S2. The van der Waals surface area contributed by atoms with Crippen molar-refractivity contribution in [2.24, 2.45) is 0 Å². The quantitative estimate of drug-likeness (QED) is 0.851. The number of sulfonamides is 1. The third kappa shape index (κ3) is 3.25. The average molecular weight is 328 g/mol. The fourth-order valence-electron chi connectivity index (χ4n) is 1.66. The van der Waals surface area contributed by atoms with Gasteiger partial charge in [0.1, 0.15) is 10.7 Å². The van der Waals surface area contributed by atoms with E-state index in [0.717, 1.165) is 31.4 Å². The maximum atomic E-state index is 13.7. The standard InChI is InChI=1S/C10H11ClFNO4S2/c11-18(14,15)8-4-5-10(9(12)6-8)19(16,17)13-7-2-1-3-7/h4-7,13H,1-3H2. The summed E-state index contributed by atoms with van der Waals surface area (Å²) in [7, 11) is -3.01. The molecule has 1 N–H and O–H groups in total. The molecule has 1 saturated carbocycles. The summed E-state index contributed by atoms with van der Waals surface area (Å²) in [6.07, 6.45) is 2.36. The van der Waals surface area contributed by atoms with Crippen molar-refractivity contribution in [2.45, 2.75) is 35.1 Å². The molecule has 0 saturated heterocycles. The first-order valence-electron chi connectivity index (χ1n) is 5.47. The molecular weight excluding hydrogens is 317 g/mol. The van der Waals surface area contributed by atoms with Gasteiger partial charge in [0.05, 0.1) is 4.90 Å².